The highest BCUT2D eigenvalue weighted by atomic mass is 16.5. The van der Waals surface area contributed by atoms with Gasteiger partial charge < -0.3 is 4.52 Å². The third kappa shape index (κ3) is 3.91. The van der Waals surface area contributed by atoms with Crippen molar-refractivity contribution in [3.63, 3.8) is 0 Å². The number of aromatic nitrogens is 6. The molecule has 9 nitrogen and oxygen atoms in total. The topological polar surface area (TPSA) is 89.0 Å². The number of rotatable bonds is 7. The minimum Gasteiger partial charge on any atom is -0.340 e. The van der Waals surface area contributed by atoms with Gasteiger partial charge in [0.25, 0.3) is 0 Å². The van der Waals surface area contributed by atoms with Gasteiger partial charge in [0.15, 0.2) is 11.6 Å². The van der Waals surface area contributed by atoms with E-state index >= 15 is 0 Å². The molecule has 0 radical (unpaired) electrons. The van der Waals surface area contributed by atoms with E-state index in [-0.39, 0.29) is 0 Å². The van der Waals surface area contributed by atoms with Crippen LogP contribution in [-0.2, 0) is 19.6 Å². The molecule has 2 aromatic rings. The normalized spacial score (nSPS) is 19.0. The summed E-state index contributed by atoms with van der Waals surface area (Å²) in [7, 11) is 2.11. The van der Waals surface area contributed by atoms with Gasteiger partial charge in [-0.25, -0.2) is 4.68 Å². The first-order valence-corrected chi connectivity index (χ1v) is 8.12. The Hall–Kier alpha value is -1.87. The average molecular weight is 320 g/mol. The highest BCUT2D eigenvalue weighted by Gasteiger charge is 2.27. The maximum Gasteiger partial charge on any atom is 0.223 e. The summed E-state index contributed by atoms with van der Waals surface area (Å²) in [4.78, 5) is 8.97. The molecule has 3 heterocycles. The number of nitrogens with zero attached hydrogens (tertiary/aromatic N) is 8. The van der Waals surface area contributed by atoms with E-state index in [1.165, 1.54) is 0 Å². The van der Waals surface area contributed by atoms with Gasteiger partial charge in [-0.1, -0.05) is 12.1 Å². The van der Waals surface area contributed by atoms with Gasteiger partial charge in [-0.3, -0.25) is 9.80 Å². The molecule has 1 fully saturated rings. The van der Waals surface area contributed by atoms with Crippen LogP contribution in [0.3, 0.4) is 0 Å². The Bertz CT molecular complexity index is 624. The monoisotopic (exact) mass is 320 g/mol. The molecular formula is C14H24N8O. The molecular weight excluding hydrogens is 296 g/mol. The summed E-state index contributed by atoms with van der Waals surface area (Å²) in [6.45, 7) is 8.39. The van der Waals surface area contributed by atoms with Gasteiger partial charge in [-0.2, -0.15) is 4.98 Å². The third-order valence-electron chi connectivity index (χ3n) is 4.24. The van der Waals surface area contributed by atoms with Crippen LogP contribution in [0.5, 0.6) is 0 Å². The smallest absolute Gasteiger partial charge is 0.223 e. The van der Waals surface area contributed by atoms with Gasteiger partial charge in [-0.15, -0.1) is 5.10 Å². The summed E-state index contributed by atoms with van der Waals surface area (Å²) in [6.07, 6.45) is 2.16. The van der Waals surface area contributed by atoms with Crippen LogP contribution in [0.1, 0.15) is 37.3 Å². The van der Waals surface area contributed by atoms with Crippen LogP contribution < -0.4 is 0 Å². The maximum absolute atomic E-state index is 5.03. The summed E-state index contributed by atoms with van der Waals surface area (Å²) in [6, 6.07) is 0.490. The molecule has 0 amide bonds. The highest BCUT2D eigenvalue weighted by Crippen LogP contribution is 2.17. The number of hydrogen-bond donors (Lipinski definition) is 0. The first kappa shape index (κ1) is 16.0. The van der Waals surface area contributed by atoms with Crippen molar-refractivity contribution in [3.05, 3.63) is 17.5 Å². The fourth-order valence-corrected chi connectivity index (χ4v) is 3.00. The standard InChI is InChI=1S/C14H24N8O/c1-4-6-22-14(16-18-19-22)10-21-7-5-12(8-21)20(3)9-13-15-11(2)23-17-13/h12H,4-10H2,1-3H3/t12-/m0/s1. The molecule has 0 bridgehead atoms. The Morgan fingerprint density at radius 3 is 3.00 bits per heavy atom. The summed E-state index contributed by atoms with van der Waals surface area (Å²) < 4.78 is 6.93. The predicted octanol–water partition coefficient (Wildman–Crippen LogP) is 0.481. The Labute approximate surface area is 135 Å². The van der Waals surface area contributed by atoms with Crippen molar-refractivity contribution in [3.8, 4) is 0 Å². The lowest BCUT2D eigenvalue weighted by Gasteiger charge is -2.23. The number of likely N-dealkylation sites (tertiary alicyclic amines) is 1. The van der Waals surface area contributed by atoms with Crippen LogP contribution in [0.25, 0.3) is 0 Å². The fraction of sp³-hybridized carbons (Fsp3) is 0.786. The number of hydrogen-bond acceptors (Lipinski definition) is 8. The van der Waals surface area contributed by atoms with Gasteiger partial charge in [-0.05, 0) is 30.3 Å². The Balaban J connectivity index is 1.52. The van der Waals surface area contributed by atoms with Crippen LogP contribution in [0.4, 0.5) is 0 Å². The van der Waals surface area contributed by atoms with Crippen LogP contribution >= 0.6 is 0 Å². The largest absolute Gasteiger partial charge is 0.340 e. The zero-order chi connectivity index (χ0) is 16.2. The summed E-state index contributed by atoms with van der Waals surface area (Å²) in [5.41, 5.74) is 0. The van der Waals surface area contributed by atoms with Crippen molar-refractivity contribution in [2.45, 2.75) is 52.4 Å². The molecule has 0 spiro atoms. The van der Waals surface area contributed by atoms with Crippen LogP contribution in [0.15, 0.2) is 4.52 Å². The number of likely N-dealkylation sites (N-methyl/N-ethyl adjacent to an activating group) is 1. The Morgan fingerprint density at radius 1 is 1.39 bits per heavy atom. The first-order chi connectivity index (χ1) is 11.2. The molecule has 0 aliphatic carbocycles. The lowest BCUT2D eigenvalue weighted by Crippen LogP contribution is -2.34. The van der Waals surface area contributed by atoms with Crippen molar-refractivity contribution in [1.29, 1.82) is 0 Å². The molecule has 126 valence electrons. The second-order valence-corrected chi connectivity index (χ2v) is 6.14. The molecule has 0 unspecified atom stereocenters. The molecule has 9 heteroatoms. The first-order valence-electron chi connectivity index (χ1n) is 8.12. The zero-order valence-corrected chi connectivity index (χ0v) is 14.0. The lowest BCUT2D eigenvalue weighted by atomic mass is 10.2. The van der Waals surface area contributed by atoms with Gasteiger partial charge in [0.1, 0.15) is 0 Å². The molecule has 0 aromatic carbocycles. The predicted molar refractivity (Wildman–Crippen MR) is 82.3 cm³/mol. The summed E-state index contributed by atoms with van der Waals surface area (Å²) >= 11 is 0. The van der Waals surface area contributed by atoms with E-state index in [1.807, 2.05) is 11.6 Å². The molecule has 1 saturated heterocycles. The van der Waals surface area contributed by atoms with E-state index in [2.05, 4.69) is 49.4 Å². The van der Waals surface area contributed by atoms with Crippen molar-refractivity contribution in [1.82, 2.24) is 40.1 Å². The van der Waals surface area contributed by atoms with E-state index in [9.17, 15) is 0 Å². The van der Waals surface area contributed by atoms with E-state index < -0.39 is 0 Å². The van der Waals surface area contributed by atoms with Crippen molar-refractivity contribution in [2.24, 2.45) is 0 Å². The van der Waals surface area contributed by atoms with Gasteiger partial charge in [0, 0.05) is 32.6 Å². The minimum absolute atomic E-state index is 0.490. The maximum atomic E-state index is 5.03. The summed E-state index contributed by atoms with van der Waals surface area (Å²) in [5.74, 6) is 2.31. The summed E-state index contributed by atoms with van der Waals surface area (Å²) in [5, 5.41) is 16.0. The third-order valence-corrected chi connectivity index (χ3v) is 4.24. The molecule has 23 heavy (non-hydrogen) atoms. The molecule has 0 saturated carbocycles. The van der Waals surface area contributed by atoms with E-state index in [4.69, 9.17) is 4.52 Å². The van der Waals surface area contributed by atoms with Crippen LogP contribution in [-0.4, -0.2) is 66.3 Å². The van der Waals surface area contributed by atoms with E-state index in [1.54, 1.807) is 0 Å². The number of tetrazole rings is 1. The average Bonchev–Trinajstić information content (AvgIpc) is 3.23. The molecule has 1 aliphatic heterocycles. The second-order valence-electron chi connectivity index (χ2n) is 6.14. The molecule has 1 aliphatic rings. The fourth-order valence-electron chi connectivity index (χ4n) is 3.00. The van der Waals surface area contributed by atoms with Gasteiger partial charge in [0.2, 0.25) is 5.89 Å². The zero-order valence-electron chi connectivity index (χ0n) is 14.0. The van der Waals surface area contributed by atoms with E-state index in [0.29, 0.717) is 18.5 Å². The van der Waals surface area contributed by atoms with Crippen LogP contribution in [0.2, 0.25) is 0 Å². The SMILES string of the molecule is CCCn1nnnc1CN1CC[C@H](N(C)Cc2noc(C)n2)C1. The number of aryl methyl sites for hydroxylation is 2. The van der Waals surface area contributed by atoms with Crippen LogP contribution in [0, 0.1) is 6.92 Å². The molecule has 1 atom stereocenters. The van der Waals surface area contributed by atoms with Gasteiger partial charge in [0.05, 0.1) is 13.1 Å². The van der Waals surface area contributed by atoms with Gasteiger partial charge >= 0.3 is 0 Å². The molecule has 3 rings (SSSR count). The Kier molecular flexibility index (Phi) is 4.97. The molecule has 2 aromatic heterocycles. The lowest BCUT2D eigenvalue weighted by molar-refractivity contribution is 0.213. The second kappa shape index (κ2) is 7.14. The van der Waals surface area contributed by atoms with E-state index in [0.717, 1.165) is 50.7 Å². The Morgan fingerprint density at radius 2 is 2.26 bits per heavy atom. The highest BCUT2D eigenvalue weighted by molar-refractivity contribution is 4.90. The molecule has 0 N–H and O–H groups in total. The van der Waals surface area contributed by atoms with Crippen molar-refractivity contribution in [2.75, 3.05) is 20.1 Å². The quantitative estimate of drug-likeness (QED) is 0.728. The van der Waals surface area contributed by atoms with Crippen molar-refractivity contribution >= 4 is 0 Å². The van der Waals surface area contributed by atoms with Crippen molar-refractivity contribution < 1.29 is 4.52 Å². The minimum atomic E-state index is 0.490.